The van der Waals surface area contributed by atoms with Gasteiger partial charge < -0.3 is 8.57 Å². The Morgan fingerprint density at radius 1 is 1.00 bits per heavy atom. The molecule has 0 saturated carbocycles. The molecule has 0 spiro atoms. The van der Waals surface area contributed by atoms with Crippen molar-refractivity contribution in [3.05, 3.63) is 24.3 Å². The van der Waals surface area contributed by atoms with Crippen molar-refractivity contribution in [3.8, 4) is 11.5 Å². The van der Waals surface area contributed by atoms with Crippen LogP contribution in [0.2, 0.25) is 0 Å². The van der Waals surface area contributed by atoms with Crippen LogP contribution in [0.4, 0.5) is 13.2 Å². The second-order valence-electron chi connectivity index (χ2n) is 2.10. The number of hydrogen-bond acceptors (Lipinski definition) is 2. The first-order valence-electron chi connectivity index (χ1n) is 3.15. The van der Waals surface area contributed by atoms with Crippen LogP contribution in [0.15, 0.2) is 24.3 Å². The Morgan fingerprint density at radius 2 is 1.46 bits per heavy atom. The Hall–Kier alpha value is -0.910. The zero-order chi connectivity index (χ0) is 9.90. The summed E-state index contributed by atoms with van der Waals surface area (Å²) in [5.74, 6) is 0.121. The number of alkyl halides is 3. The van der Waals surface area contributed by atoms with E-state index in [4.69, 9.17) is 0 Å². The summed E-state index contributed by atoms with van der Waals surface area (Å²) in [6, 6.07) is 5.00. The molecule has 2 nitrogen and oxygen atoms in total. The molecule has 0 aromatic heterocycles. The zero-order valence-electron chi connectivity index (χ0n) is 6.14. The van der Waals surface area contributed by atoms with Gasteiger partial charge in [-0.2, -0.15) is 0 Å². The van der Waals surface area contributed by atoms with Gasteiger partial charge in [-0.3, -0.25) is 0 Å². The number of benzene rings is 1. The molecule has 72 valence electrons. The molecule has 1 rings (SSSR count). The molecule has 1 aromatic rings. The molecule has 0 aliphatic heterocycles. The largest absolute Gasteiger partial charge is 0.573 e. The number of hydrogen-bond donors (Lipinski definition) is 0. The van der Waals surface area contributed by atoms with Crippen molar-refractivity contribution in [3.63, 3.8) is 0 Å². The summed E-state index contributed by atoms with van der Waals surface area (Å²) < 4.78 is 43.2. The fraction of sp³-hybridized carbons (Fsp3) is 0.143. The molecule has 0 N–H and O–H groups in total. The van der Waals surface area contributed by atoms with Gasteiger partial charge in [-0.1, -0.05) is 0 Å². The SMILES string of the molecule is FC(F)(F)Oc1ccc(OBr)cc1. The Morgan fingerprint density at radius 3 is 1.85 bits per heavy atom. The lowest BCUT2D eigenvalue weighted by Crippen LogP contribution is -2.16. The maximum Gasteiger partial charge on any atom is 0.573 e. The van der Waals surface area contributed by atoms with Gasteiger partial charge in [-0.15, -0.1) is 13.2 Å². The number of ether oxygens (including phenoxy) is 1. The lowest BCUT2D eigenvalue weighted by atomic mass is 10.3. The van der Waals surface area contributed by atoms with Crippen molar-refractivity contribution in [1.29, 1.82) is 0 Å². The average molecular weight is 257 g/mol. The van der Waals surface area contributed by atoms with E-state index in [2.05, 4.69) is 24.8 Å². The molecule has 0 aliphatic rings. The molecular formula is C7H4BrF3O2. The third kappa shape index (κ3) is 3.54. The van der Waals surface area contributed by atoms with Crippen molar-refractivity contribution < 1.29 is 21.7 Å². The molecule has 0 saturated heterocycles. The van der Waals surface area contributed by atoms with E-state index in [1.807, 2.05) is 0 Å². The summed E-state index contributed by atoms with van der Waals surface area (Å²) in [4.78, 5) is 0. The molecule has 0 fully saturated rings. The molecule has 6 heteroatoms. The van der Waals surface area contributed by atoms with Gasteiger partial charge in [0.2, 0.25) is 0 Å². The fourth-order valence-electron chi connectivity index (χ4n) is 0.693. The Kier molecular flexibility index (Phi) is 3.02. The summed E-state index contributed by atoms with van der Waals surface area (Å²) in [5, 5.41) is 0. The van der Waals surface area contributed by atoms with E-state index in [1.54, 1.807) is 0 Å². The van der Waals surface area contributed by atoms with Gasteiger partial charge in [0.15, 0.2) is 16.3 Å². The number of rotatable bonds is 2. The van der Waals surface area contributed by atoms with Gasteiger partial charge in [0.1, 0.15) is 11.5 Å². The lowest BCUT2D eigenvalue weighted by molar-refractivity contribution is -0.274. The normalized spacial score (nSPS) is 11.1. The van der Waals surface area contributed by atoms with Gasteiger partial charge in [-0.25, -0.2) is 0 Å². The first kappa shape index (κ1) is 10.2. The highest BCUT2D eigenvalue weighted by atomic mass is 79.9. The van der Waals surface area contributed by atoms with E-state index < -0.39 is 6.36 Å². The third-order valence-corrected chi connectivity index (χ3v) is 1.52. The van der Waals surface area contributed by atoms with Crippen LogP contribution in [0.25, 0.3) is 0 Å². The van der Waals surface area contributed by atoms with Crippen LogP contribution < -0.4 is 8.57 Å². The van der Waals surface area contributed by atoms with E-state index in [0.29, 0.717) is 5.75 Å². The molecule has 0 bridgehead atoms. The average Bonchev–Trinajstić information content (AvgIpc) is 2.03. The fourth-order valence-corrected chi connectivity index (χ4v) is 0.909. The molecule has 0 atom stereocenters. The number of halogens is 4. The summed E-state index contributed by atoms with van der Waals surface area (Å²) in [5.41, 5.74) is 0. The second kappa shape index (κ2) is 3.87. The van der Waals surface area contributed by atoms with Crippen LogP contribution >= 0.6 is 16.3 Å². The molecular weight excluding hydrogens is 253 g/mol. The van der Waals surface area contributed by atoms with Crippen LogP contribution in [0.1, 0.15) is 0 Å². The van der Waals surface area contributed by atoms with Gasteiger partial charge in [0.25, 0.3) is 0 Å². The predicted molar refractivity (Wildman–Crippen MR) is 42.7 cm³/mol. The van der Waals surface area contributed by atoms with Crippen LogP contribution in [0, 0.1) is 0 Å². The molecule has 13 heavy (non-hydrogen) atoms. The van der Waals surface area contributed by atoms with Crippen molar-refractivity contribution in [2.24, 2.45) is 0 Å². The zero-order valence-corrected chi connectivity index (χ0v) is 7.72. The topological polar surface area (TPSA) is 18.5 Å². The highest BCUT2D eigenvalue weighted by molar-refractivity contribution is 9.06. The smallest absolute Gasteiger partial charge is 0.418 e. The van der Waals surface area contributed by atoms with Gasteiger partial charge in [0, 0.05) is 0 Å². The molecule has 0 amide bonds. The molecule has 0 radical (unpaired) electrons. The Balaban J connectivity index is 2.70. The molecule has 0 heterocycles. The van der Waals surface area contributed by atoms with Gasteiger partial charge in [0.05, 0.1) is 0 Å². The van der Waals surface area contributed by atoms with E-state index >= 15 is 0 Å². The Labute approximate surface area is 80.7 Å². The third-order valence-electron chi connectivity index (χ3n) is 1.15. The predicted octanol–water partition coefficient (Wildman–Crippen LogP) is 3.27. The maximum absolute atomic E-state index is 11.7. The van der Waals surface area contributed by atoms with Crippen molar-refractivity contribution in [2.75, 3.05) is 0 Å². The van der Waals surface area contributed by atoms with E-state index in [1.165, 1.54) is 12.1 Å². The first-order chi connectivity index (χ1) is 6.01. The van der Waals surface area contributed by atoms with E-state index in [-0.39, 0.29) is 5.75 Å². The molecule has 1 aromatic carbocycles. The second-order valence-corrected chi connectivity index (χ2v) is 2.42. The minimum atomic E-state index is -4.66. The molecule has 0 aliphatic carbocycles. The van der Waals surface area contributed by atoms with E-state index in [9.17, 15) is 13.2 Å². The highest BCUT2D eigenvalue weighted by Crippen LogP contribution is 2.24. The van der Waals surface area contributed by atoms with Gasteiger partial charge in [-0.05, 0) is 24.3 Å². The molecule has 0 unspecified atom stereocenters. The van der Waals surface area contributed by atoms with E-state index in [0.717, 1.165) is 12.1 Å². The van der Waals surface area contributed by atoms with Crippen molar-refractivity contribution in [2.45, 2.75) is 6.36 Å². The van der Waals surface area contributed by atoms with Crippen molar-refractivity contribution in [1.82, 2.24) is 0 Å². The van der Waals surface area contributed by atoms with Crippen LogP contribution in [-0.2, 0) is 0 Å². The summed E-state index contributed by atoms with van der Waals surface area (Å²) in [6.07, 6.45) is -4.66. The van der Waals surface area contributed by atoms with Crippen LogP contribution in [0.3, 0.4) is 0 Å². The summed E-state index contributed by atoms with van der Waals surface area (Å²) >= 11 is 2.68. The van der Waals surface area contributed by atoms with Crippen molar-refractivity contribution >= 4 is 16.3 Å². The monoisotopic (exact) mass is 256 g/mol. The first-order valence-corrected chi connectivity index (χ1v) is 3.80. The minimum Gasteiger partial charge on any atom is -0.418 e. The summed E-state index contributed by atoms with van der Waals surface area (Å²) in [6.45, 7) is 0. The maximum atomic E-state index is 11.7. The van der Waals surface area contributed by atoms with Crippen LogP contribution in [0.5, 0.6) is 11.5 Å². The standard InChI is InChI=1S/C7H4BrF3O2/c8-13-6-3-1-5(2-4-6)12-7(9,10)11/h1-4H. The van der Waals surface area contributed by atoms with Gasteiger partial charge >= 0.3 is 6.36 Å². The quantitative estimate of drug-likeness (QED) is 0.809. The highest BCUT2D eigenvalue weighted by Gasteiger charge is 2.30. The van der Waals surface area contributed by atoms with Crippen LogP contribution in [-0.4, -0.2) is 6.36 Å². The minimum absolute atomic E-state index is 0.277. The Bertz CT molecular complexity index is 270. The summed E-state index contributed by atoms with van der Waals surface area (Å²) in [7, 11) is 0. The lowest BCUT2D eigenvalue weighted by Gasteiger charge is -2.08.